The molecule has 0 spiro atoms. The second kappa shape index (κ2) is 15.1. The minimum absolute atomic E-state index is 0. The Balaban J connectivity index is 0.00000392. The molecule has 2 heterocycles. The van der Waals surface area contributed by atoms with E-state index in [-0.39, 0.29) is 21.1 Å². The van der Waals surface area contributed by atoms with Crippen LogP contribution in [0.15, 0.2) is 188 Å². The quantitative estimate of drug-likeness (QED) is 0.143. The summed E-state index contributed by atoms with van der Waals surface area (Å²) >= 11 is 0. The van der Waals surface area contributed by atoms with E-state index in [1.165, 1.54) is 0 Å². The van der Waals surface area contributed by atoms with Gasteiger partial charge in [-0.15, -0.1) is 47.3 Å². The number of aromatic nitrogens is 2. The van der Waals surface area contributed by atoms with Crippen LogP contribution in [0.25, 0.3) is 72.5 Å². The maximum atomic E-state index is 5.49. The van der Waals surface area contributed by atoms with Gasteiger partial charge in [-0.2, -0.15) is 0 Å². The van der Waals surface area contributed by atoms with Crippen LogP contribution < -0.4 is 0 Å². The second-order valence-corrected chi connectivity index (χ2v) is 11.8. The Bertz CT molecular complexity index is 2280. The average molecular weight is 821 g/mol. The van der Waals surface area contributed by atoms with Gasteiger partial charge in [0, 0.05) is 6.20 Å². The molecule has 2 aromatic heterocycles. The first-order chi connectivity index (χ1) is 24.3. The van der Waals surface area contributed by atoms with E-state index in [2.05, 4.69) is 140 Å². The van der Waals surface area contributed by atoms with Crippen molar-refractivity contribution in [1.82, 2.24) is 9.97 Å². The van der Waals surface area contributed by atoms with Gasteiger partial charge in [0.1, 0.15) is 0 Å². The Morgan fingerprint density at radius 2 is 1.00 bits per heavy atom. The van der Waals surface area contributed by atoms with E-state index in [1.807, 2.05) is 54.7 Å². The molecule has 6 aromatic carbocycles. The zero-order chi connectivity index (χ0) is 32.8. The van der Waals surface area contributed by atoms with Crippen molar-refractivity contribution in [3.05, 3.63) is 200 Å². The molecular weight excluding hydrogens is 790 g/mol. The third-order valence-corrected chi connectivity index (χ3v) is 8.59. The van der Waals surface area contributed by atoms with E-state index in [0.29, 0.717) is 0 Å². The minimum Gasteiger partial charge on any atom is -0.656 e. The predicted molar refractivity (Wildman–Crippen MR) is 203 cm³/mol. The Hall–Kier alpha value is -5.89. The van der Waals surface area contributed by atoms with Crippen LogP contribution in [-0.2, 0) is 21.1 Å². The molecule has 0 fully saturated rings. The van der Waals surface area contributed by atoms with Gasteiger partial charge in [0.25, 0.3) is 0 Å². The largest absolute Gasteiger partial charge is 2.00 e. The fourth-order valence-electron chi connectivity index (χ4n) is 6.17. The molecule has 240 valence electrons. The fourth-order valence-corrected chi connectivity index (χ4v) is 6.17. The number of benzene rings is 6. The van der Waals surface area contributed by atoms with E-state index >= 15 is 0 Å². The Labute approximate surface area is 307 Å². The third-order valence-electron chi connectivity index (χ3n) is 8.59. The van der Waals surface area contributed by atoms with Crippen molar-refractivity contribution in [1.29, 1.82) is 0 Å². The Morgan fingerprint density at radius 3 is 1.72 bits per heavy atom. The van der Waals surface area contributed by atoms with Gasteiger partial charge < -0.3 is 5.32 Å². The number of rotatable bonds is 8. The van der Waals surface area contributed by atoms with Gasteiger partial charge in [-0.3, -0.25) is 9.97 Å². The molecule has 0 radical (unpaired) electrons. The first-order valence-corrected chi connectivity index (χ1v) is 16.4. The molecule has 0 unspecified atom stereocenters. The fraction of sp³-hybridized carbons (Fsp3) is 0. The van der Waals surface area contributed by atoms with Gasteiger partial charge >= 0.3 is 21.1 Å². The molecule has 0 aliphatic carbocycles. The standard InChI is InChI=1S/C46H31N3.Pt/c1-5-16-33(17-6-1)37-28-29-47-44(30-37)40-24-13-14-27-42(40)49-46-39(35-20-9-3-10-21-35)25-15-26-41(46)45-32-38(34-18-7-2-8-19-34)31-43(48-45)36-22-11-4-12-23-36;/h1-22,24-32H;/q-2;+2. The number of nitrogens with zero attached hydrogens (tertiary/aromatic N) is 3. The first-order valence-electron chi connectivity index (χ1n) is 16.4. The maximum absolute atomic E-state index is 5.49. The summed E-state index contributed by atoms with van der Waals surface area (Å²) in [6.07, 6.45) is 1.87. The van der Waals surface area contributed by atoms with Crippen molar-refractivity contribution in [3.8, 4) is 67.2 Å². The predicted octanol–water partition coefficient (Wildman–Crippen LogP) is 12.6. The van der Waals surface area contributed by atoms with Crippen LogP contribution in [0, 0.1) is 6.07 Å². The summed E-state index contributed by atoms with van der Waals surface area (Å²) in [5.74, 6) is 0. The van der Waals surface area contributed by atoms with Crippen molar-refractivity contribution >= 4 is 11.4 Å². The van der Waals surface area contributed by atoms with Crippen molar-refractivity contribution < 1.29 is 21.1 Å². The molecule has 0 bridgehead atoms. The van der Waals surface area contributed by atoms with Gasteiger partial charge in [0.05, 0.1) is 11.4 Å². The van der Waals surface area contributed by atoms with Gasteiger partial charge in [-0.25, -0.2) is 0 Å². The Morgan fingerprint density at radius 1 is 0.420 bits per heavy atom. The van der Waals surface area contributed by atoms with Crippen LogP contribution in [0.2, 0.25) is 0 Å². The number of para-hydroxylation sites is 2. The molecule has 8 rings (SSSR count). The van der Waals surface area contributed by atoms with Crippen LogP contribution in [0.5, 0.6) is 0 Å². The number of hydrogen-bond acceptors (Lipinski definition) is 2. The molecule has 0 saturated heterocycles. The van der Waals surface area contributed by atoms with Crippen LogP contribution in [0.3, 0.4) is 0 Å². The van der Waals surface area contributed by atoms with E-state index in [9.17, 15) is 0 Å². The first kappa shape index (κ1) is 32.6. The SMILES string of the molecule is [Pt+2].[c-]1ccccc1-c1cc(-c2ccccc2)cc(-c2cccc(-c3ccccc3)c2[N-]c2ccccc2-c2cc(-c3ccccc3)ccn2)n1. The number of pyridine rings is 2. The van der Waals surface area contributed by atoms with E-state index < -0.39 is 0 Å². The summed E-state index contributed by atoms with van der Waals surface area (Å²) in [6.45, 7) is 0. The molecule has 0 atom stereocenters. The molecule has 8 aromatic rings. The molecule has 3 nitrogen and oxygen atoms in total. The summed E-state index contributed by atoms with van der Waals surface area (Å²) in [7, 11) is 0. The third kappa shape index (κ3) is 6.96. The van der Waals surface area contributed by atoms with E-state index in [1.54, 1.807) is 0 Å². The van der Waals surface area contributed by atoms with Gasteiger partial charge in [-0.1, -0.05) is 140 Å². The van der Waals surface area contributed by atoms with Crippen LogP contribution in [-0.4, -0.2) is 9.97 Å². The molecule has 0 aliphatic heterocycles. The zero-order valence-corrected chi connectivity index (χ0v) is 29.3. The molecule has 0 aliphatic rings. The minimum atomic E-state index is 0. The molecule has 0 saturated carbocycles. The smallest absolute Gasteiger partial charge is 0.656 e. The van der Waals surface area contributed by atoms with Crippen LogP contribution >= 0.6 is 0 Å². The van der Waals surface area contributed by atoms with Crippen LogP contribution in [0.1, 0.15) is 0 Å². The molecular formula is C46H31N3Pt. The number of hydrogen-bond donors (Lipinski definition) is 0. The summed E-state index contributed by atoms with van der Waals surface area (Å²) in [4.78, 5) is 10.1. The monoisotopic (exact) mass is 820 g/mol. The van der Waals surface area contributed by atoms with Gasteiger partial charge in [-0.05, 0) is 68.4 Å². The summed E-state index contributed by atoms with van der Waals surface area (Å²) in [5.41, 5.74) is 13.7. The van der Waals surface area contributed by atoms with Crippen molar-refractivity contribution in [3.63, 3.8) is 0 Å². The summed E-state index contributed by atoms with van der Waals surface area (Å²) < 4.78 is 0. The molecule has 0 N–H and O–H groups in total. The zero-order valence-electron chi connectivity index (χ0n) is 27.1. The van der Waals surface area contributed by atoms with Crippen molar-refractivity contribution in [2.75, 3.05) is 0 Å². The average Bonchev–Trinajstić information content (AvgIpc) is 3.19. The van der Waals surface area contributed by atoms with Crippen molar-refractivity contribution in [2.24, 2.45) is 0 Å². The van der Waals surface area contributed by atoms with Gasteiger partial charge in [0.15, 0.2) is 0 Å². The van der Waals surface area contributed by atoms with Crippen molar-refractivity contribution in [2.45, 2.75) is 0 Å². The molecule has 50 heavy (non-hydrogen) atoms. The van der Waals surface area contributed by atoms with E-state index in [4.69, 9.17) is 15.3 Å². The normalized spacial score (nSPS) is 10.6. The van der Waals surface area contributed by atoms with Gasteiger partial charge in [0.2, 0.25) is 0 Å². The molecule has 4 heteroatoms. The molecule has 0 amide bonds. The Kier molecular flexibility index (Phi) is 9.87. The summed E-state index contributed by atoms with van der Waals surface area (Å²) in [5, 5.41) is 5.49. The van der Waals surface area contributed by atoms with E-state index in [0.717, 1.165) is 78.5 Å². The maximum Gasteiger partial charge on any atom is 2.00 e. The second-order valence-electron chi connectivity index (χ2n) is 11.8. The topological polar surface area (TPSA) is 39.9 Å². The summed E-state index contributed by atoms with van der Waals surface area (Å²) in [6, 6.07) is 65.7. The van der Waals surface area contributed by atoms with Crippen LogP contribution in [0.4, 0.5) is 11.4 Å².